The molecule has 0 amide bonds. The maximum atomic E-state index is 13.6. The van der Waals surface area contributed by atoms with E-state index >= 15 is 0 Å². The number of hydrogen-bond acceptors (Lipinski definition) is 6. The zero-order valence-corrected chi connectivity index (χ0v) is 16.1. The molecule has 0 aliphatic carbocycles. The third-order valence-electron chi connectivity index (χ3n) is 3.93. The summed E-state index contributed by atoms with van der Waals surface area (Å²) >= 11 is 2.50. The molecule has 26 heavy (non-hydrogen) atoms. The summed E-state index contributed by atoms with van der Waals surface area (Å²) in [5.41, 5.74) is 0.673. The second-order valence-corrected chi connectivity index (χ2v) is 7.99. The molecule has 2 aromatic heterocycles. The van der Waals surface area contributed by atoms with Crippen molar-refractivity contribution in [3.8, 4) is 0 Å². The fraction of sp³-hybridized carbons (Fsp3) is 0.278. The quantitative estimate of drug-likeness (QED) is 0.522. The van der Waals surface area contributed by atoms with Gasteiger partial charge in [0.05, 0.1) is 11.1 Å². The number of thioether (sulfide) groups is 1. The summed E-state index contributed by atoms with van der Waals surface area (Å²) in [6.45, 7) is 5.46. The Hall–Kier alpha value is -2.19. The van der Waals surface area contributed by atoms with Crippen LogP contribution in [0.2, 0.25) is 0 Å². The van der Waals surface area contributed by atoms with Crippen LogP contribution >= 0.6 is 23.1 Å². The highest BCUT2D eigenvalue weighted by Gasteiger charge is 2.18. The fourth-order valence-electron chi connectivity index (χ4n) is 2.45. The molecule has 136 valence electrons. The smallest absolute Gasteiger partial charge is 0.316 e. The Morgan fingerprint density at radius 2 is 2.12 bits per heavy atom. The van der Waals surface area contributed by atoms with Crippen LogP contribution in [0.4, 0.5) is 4.39 Å². The molecule has 0 unspecified atom stereocenters. The Bertz CT molecular complexity index is 1030. The number of aryl methyl sites for hydroxylation is 2. The van der Waals surface area contributed by atoms with Crippen LogP contribution in [0.25, 0.3) is 10.2 Å². The summed E-state index contributed by atoms with van der Waals surface area (Å²) in [7, 11) is 0. The normalized spacial score (nSPS) is 12.3. The van der Waals surface area contributed by atoms with Crippen molar-refractivity contribution in [1.82, 2.24) is 9.97 Å². The first-order valence-electron chi connectivity index (χ1n) is 7.93. The number of benzene rings is 1. The molecule has 0 aliphatic heterocycles. The SMILES string of the molecule is Cc1sc2nc([C@@H](C)OC(=O)CSc3ccccc3F)[nH]c(=O)c2c1C. The first-order valence-corrected chi connectivity index (χ1v) is 9.73. The van der Waals surface area contributed by atoms with Crippen molar-refractivity contribution in [1.29, 1.82) is 0 Å². The van der Waals surface area contributed by atoms with Crippen LogP contribution in [-0.2, 0) is 9.53 Å². The number of carbonyl (C=O) groups is 1. The van der Waals surface area contributed by atoms with E-state index < -0.39 is 12.1 Å². The van der Waals surface area contributed by atoms with Crippen LogP contribution in [-0.4, -0.2) is 21.7 Å². The highest BCUT2D eigenvalue weighted by molar-refractivity contribution is 8.00. The first kappa shape index (κ1) is 18.6. The number of fused-ring (bicyclic) bond motifs is 1. The topological polar surface area (TPSA) is 72.0 Å². The highest BCUT2D eigenvalue weighted by Crippen LogP contribution is 2.27. The number of halogens is 1. The Kier molecular flexibility index (Phi) is 5.43. The molecular weight excluding hydrogens is 375 g/mol. The minimum Gasteiger partial charge on any atom is -0.454 e. The van der Waals surface area contributed by atoms with Gasteiger partial charge < -0.3 is 9.72 Å². The van der Waals surface area contributed by atoms with Crippen molar-refractivity contribution >= 4 is 39.3 Å². The summed E-state index contributed by atoms with van der Waals surface area (Å²) < 4.78 is 18.9. The number of rotatable bonds is 5. The summed E-state index contributed by atoms with van der Waals surface area (Å²) in [6.07, 6.45) is -0.705. The third-order valence-corrected chi connectivity index (χ3v) is 6.06. The lowest BCUT2D eigenvalue weighted by Gasteiger charge is -2.12. The maximum absolute atomic E-state index is 13.6. The van der Waals surface area contributed by atoms with Gasteiger partial charge in [-0.2, -0.15) is 0 Å². The number of nitrogens with one attached hydrogen (secondary N) is 1. The van der Waals surface area contributed by atoms with E-state index in [1.165, 1.54) is 17.4 Å². The number of thiophene rings is 1. The average Bonchev–Trinajstić information content (AvgIpc) is 2.88. The van der Waals surface area contributed by atoms with Crippen LogP contribution in [0.1, 0.15) is 29.3 Å². The van der Waals surface area contributed by atoms with Gasteiger partial charge in [0.1, 0.15) is 10.6 Å². The predicted octanol–water partition coefficient (Wildman–Crippen LogP) is 4.14. The second-order valence-electron chi connectivity index (χ2n) is 5.77. The molecule has 0 bridgehead atoms. The summed E-state index contributed by atoms with van der Waals surface area (Å²) in [5.74, 6) is -0.618. The molecule has 0 fully saturated rings. The lowest BCUT2D eigenvalue weighted by Crippen LogP contribution is -2.18. The largest absolute Gasteiger partial charge is 0.454 e. The van der Waals surface area contributed by atoms with Gasteiger partial charge in [-0.05, 0) is 38.5 Å². The third kappa shape index (κ3) is 3.81. The molecule has 0 spiro atoms. The molecule has 1 N–H and O–H groups in total. The van der Waals surface area contributed by atoms with Crippen LogP contribution in [0, 0.1) is 19.7 Å². The summed E-state index contributed by atoms with van der Waals surface area (Å²) in [4.78, 5) is 33.5. The molecule has 8 heteroatoms. The van der Waals surface area contributed by atoms with E-state index in [0.29, 0.717) is 20.9 Å². The van der Waals surface area contributed by atoms with Crippen molar-refractivity contribution in [3.63, 3.8) is 0 Å². The molecule has 1 atom stereocenters. The molecule has 2 heterocycles. The van der Waals surface area contributed by atoms with Crippen LogP contribution in [0.3, 0.4) is 0 Å². The van der Waals surface area contributed by atoms with E-state index in [4.69, 9.17) is 4.74 Å². The van der Waals surface area contributed by atoms with Gasteiger partial charge in [0.15, 0.2) is 11.9 Å². The number of carbonyl (C=O) groups excluding carboxylic acids is 1. The monoisotopic (exact) mass is 392 g/mol. The molecule has 0 saturated heterocycles. The van der Waals surface area contributed by atoms with Crippen LogP contribution in [0.15, 0.2) is 34.0 Å². The van der Waals surface area contributed by atoms with E-state index in [2.05, 4.69) is 9.97 Å². The Morgan fingerprint density at radius 3 is 2.85 bits per heavy atom. The van der Waals surface area contributed by atoms with E-state index in [0.717, 1.165) is 22.2 Å². The second kappa shape index (κ2) is 7.59. The molecule has 5 nitrogen and oxygen atoms in total. The van der Waals surface area contributed by atoms with Gasteiger partial charge in [0.2, 0.25) is 0 Å². The van der Waals surface area contributed by atoms with Gasteiger partial charge in [-0.1, -0.05) is 12.1 Å². The van der Waals surface area contributed by atoms with E-state index in [-0.39, 0.29) is 17.1 Å². The van der Waals surface area contributed by atoms with Gasteiger partial charge in [-0.3, -0.25) is 9.59 Å². The molecule has 3 aromatic rings. The minimum atomic E-state index is -0.705. The van der Waals surface area contributed by atoms with Gasteiger partial charge in [-0.25, -0.2) is 9.37 Å². The first-order chi connectivity index (χ1) is 12.4. The van der Waals surface area contributed by atoms with Crippen LogP contribution in [0.5, 0.6) is 0 Å². The van der Waals surface area contributed by atoms with E-state index in [9.17, 15) is 14.0 Å². The number of aromatic nitrogens is 2. The summed E-state index contributed by atoms with van der Waals surface area (Å²) in [6, 6.07) is 6.23. The molecule has 1 aromatic carbocycles. The molecule has 0 radical (unpaired) electrons. The van der Waals surface area contributed by atoms with E-state index in [1.807, 2.05) is 13.8 Å². The van der Waals surface area contributed by atoms with Crippen molar-refractivity contribution in [2.24, 2.45) is 0 Å². The number of esters is 1. The number of aromatic amines is 1. The minimum absolute atomic E-state index is 0.0328. The van der Waals surface area contributed by atoms with Crippen molar-refractivity contribution in [2.45, 2.75) is 31.8 Å². The number of ether oxygens (including phenoxy) is 1. The molecular formula is C18H17FN2O3S2. The molecule has 0 aliphatic rings. The fourth-order valence-corrected chi connectivity index (χ4v) is 4.21. The van der Waals surface area contributed by atoms with Crippen molar-refractivity contribution in [2.75, 3.05) is 5.75 Å². The Morgan fingerprint density at radius 1 is 1.38 bits per heavy atom. The molecule has 0 saturated carbocycles. The predicted molar refractivity (Wildman–Crippen MR) is 101 cm³/mol. The maximum Gasteiger partial charge on any atom is 0.316 e. The van der Waals surface area contributed by atoms with Gasteiger partial charge >= 0.3 is 5.97 Å². The number of H-pyrrole nitrogens is 1. The zero-order valence-electron chi connectivity index (χ0n) is 14.5. The zero-order chi connectivity index (χ0) is 18.8. The van der Waals surface area contributed by atoms with Gasteiger partial charge in [0, 0.05) is 9.77 Å². The van der Waals surface area contributed by atoms with Crippen molar-refractivity contribution < 1.29 is 13.9 Å². The van der Waals surface area contributed by atoms with Gasteiger partial charge in [-0.15, -0.1) is 23.1 Å². The van der Waals surface area contributed by atoms with Crippen molar-refractivity contribution in [3.05, 3.63) is 56.7 Å². The van der Waals surface area contributed by atoms with Crippen LogP contribution < -0.4 is 5.56 Å². The van der Waals surface area contributed by atoms with E-state index in [1.54, 1.807) is 25.1 Å². The average molecular weight is 392 g/mol. The molecule has 3 rings (SSSR count). The lowest BCUT2D eigenvalue weighted by atomic mass is 10.2. The highest BCUT2D eigenvalue weighted by atomic mass is 32.2. The lowest BCUT2D eigenvalue weighted by molar-refractivity contribution is -0.145. The number of nitrogens with zero attached hydrogens (tertiary/aromatic N) is 1. The Labute approximate surface area is 157 Å². The summed E-state index contributed by atoms with van der Waals surface area (Å²) in [5, 5.41) is 0.574. The Balaban J connectivity index is 1.70. The van der Waals surface area contributed by atoms with Gasteiger partial charge in [0.25, 0.3) is 5.56 Å². The standard InChI is InChI=1S/C18H17FN2O3S2/c1-9-11(3)26-18-15(9)17(23)20-16(21-18)10(2)24-14(22)8-25-13-7-5-4-6-12(13)19/h4-7,10H,8H2,1-3H3,(H,20,21,23)/t10-/m1/s1. The number of hydrogen-bond donors (Lipinski definition) is 1.